The molecule has 10 rings (SSSR count). The lowest BCUT2D eigenvalue weighted by Crippen LogP contribution is -2.70. The molecule has 6 spiro atoms. The van der Waals surface area contributed by atoms with E-state index in [1.807, 2.05) is 27.7 Å². The highest BCUT2D eigenvalue weighted by atomic mass is 33.1. The summed E-state index contributed by atoms with van der Waals surface area (Å²) < 4.78 is 12.9. The molecule has 13 nitrogen and oxygen atoms in total. The lowest BCUT2D eigenvalue weighted by molar-refractivity contribution is -0.152. The number of nitrogens with two attached hydrogens (primary N) is 1. The molecule has 10 N–H and O–H groups in total. The Bertz CT molecular complexity index is 2200. The van der Waals surface area contributed by atoms with Crippen molar-refractivity contribution in [1.82, 2.24) is 16.0 Å². The predicted octanol–water partition coefficient (Wildman–Crippen LogP) is 7.46. The Balaban J connectivity index is 1.12. The molecule has 6 aliphatic carbocycles. The number of ether oxygens (including phenoxy) is 2. The number of piperidine rings is 1. The minimum Gasteiger partial charge on any atom is -0.504 e. The summed E-state index contributed by atoms with van der Waals surface area (Å²) in [6, 6.07) is 2.48. The van der Waals surface area contributed by atoms with Crippen LogP contribution in [0.4, 0.5) is 0 Å². The maximum atomic E-state index is 13.0. The highest BCUT2D eigenvalue weighted by molar-refractivity contribution is 8.76. The molecular weight excluding hydrogens is 935 g/mol. The number of esters is 1. The topological polar surface area (TPSA) is 211 Å². The number of carbonyl (C=O) groups excluding carboxylic acids is 1. The molecule has 392 valence electrons. The van der Waals surface area contributed by atoms with E-state index in [1.165, 1.54) is 96.5 Å². The van der Waals surface area contributed by atoms with Gasteiger partial charge in [0.2, 0.25) is 0 Å². The molecule has 5 fully saturated rings. The van der Waals surface area contributed by atoms with Crippen LogP contribution in [0, 0.1) is 45.3 Å². The van der Waals surface area contributed by atoms with E-state index in [1.54, 1.807) is 6.07 Å². The molecule has 0 amide bonds. The molecule has 1 aromatic carbocycles. The van der Waals surface area contributed by atoms with Gasteiger partial charge in [0.1, 0.15) is 12.2 Å². The number of aromatic hydroxyl groups is 1. The lowest BCUT2D eigenvalue weighted by Gasteiger charge is -2.63. The molecule has 3 aliphatic heterocycles. The predicted molar refractivity (Wildman–Crippen MR) is 281 cm³/mol. The zero-order valence-corrected chi connectivity index (χ0v) is 43.9. The maximum Gasteiger partial charge on any atom is 0.302 e. The van der Waals surface area contributed by atoms with Crippen molar-refractivity contribution >= 4 is 33.5 Å². The number of phenols is 1. The second-order valence-corrected chi connectivity index (χ2v) is 26.6. The van der Waals surface area contributed by atoms with E-state index in [0.717, 1.165) is 56.8 Å². The molecule has 15 heteroatoms. The number of benzene rings is 1. The molecule has 0 aromatic heterocycles. The van der Waals surface area contributed by atoms with Gasteiger partial charge in [-0.3, -0.25) is 4.79 Å². The first-order valence-corrected chi connectivity index (χ1v) is 30.1. The average molecular weight is 1020 g/mol. The first-order chi connectivity index (χ1) is 34.2. The van der Waals surface area contributed by atoms with E-state index in [4.69, 9.17) is 20.2 Å². The summed E-state index contributed by atoms with van der Waals surface area (Å²) in [6.07, 6.45) is 22.0. The number of rotatable bonds is 2. The number of hydrogen-bond acceptors (Lipinski definition) is 15. The van der Waals surface area contributed by atoms with E-state index in [9.17, 15) is 30.3 Å². The highest BCUT2D eigenvalue weighted by Gasteiger charge is 2.68. The third-order valence-electron chi connectivity index (χ3n) is 20.0. The summed E-state index contributed by atoms with van der Waals surface area (Å²) in [4.78, 5) is 18.5. The van der Waals surface area contributed by atoms with Crippen LogP contribution in [0.15, 0.2) is 29.3 Å². The Morgan fingerprint density at radius 1 is 0.944 bits per heavy atom. The van der Waals surface area contributed by atoms with Gasteiger partial charge in [0.25, 0.3) is 0 Å². The highest BCUT2D eigenvalue weighted by Crippen LogP contribution is 2.73. The van der Waals surface area contributed by atoms with Gasteiger partial charge >= 0.3 is 5.97 Å². The minimum absolute atomic E-state index is 0.0942. The maximum absolute atomic E-state index is 13.0. The van der Waals surface area contributed by atoms with Gasteiger partial charge in [-0.15, -0.1) is 0 Å². The van der Waals surface area contributed by atoms with Crippen LogP contribution in [-0.2, 0) is 16.0 Å². The summed E-state index contributed by atoms with van der Waals surface area (Å²) in [5.41, 5.74) is 7.10. The molecule has 1 saturated heterocycles. The third kappa shape index (κ3) is 10.1. The van der Waals surface area contributed by atoms with Gasteiger partial charge in [-0.2, -0.15) is 0 Å². The van der Waals surface area contributed by atoms with Crippen LogP contribution in [0.25, 0.3) is 0 Å². The van der Waals surface area contributed by atoms with Crippen molar-refractivity contribution in [3.63, 3.8) is 0 Å². The number of fused-ring (bicyclic) bond motifs is 7. The standard InChI is InChI=1S/C56H83N5O8S2/c1-37(62)68-45-31-40(63)13-23-54-22-12-38-9-7-20-53(33-41(14-26-59-53)69-46-30-39(29-42(38)45)43(49(66)67)32-44(46)64)35-58-27-28-70-71-36-56(61-50(57)60-47(54)10-6-11-48(54)65)34-51(15-2-3-16-51)24-25-55(56)21-8-19-52(55)17-4-5-18-52/h6,10,30,32,38,40-42,45,47-49,58-59,63-67H,2-5,7-9,11,13-21,23-29,31,33-36H2,1H3,(H3,57,60,61)/t38-,40+,41+,42-,45+,47-,48+,53+,54+,55+,56+/m1/s1. The second kappa shape index (κ2) is 21.2. The third-order valence-corrected chi connectivity index (χ3v) is 22.5. The Morgan fingerprint density at radius 3 is 2.55 bits per heavy atom. The Morgan fingerprint density at radius 2 is 1.75 bits per heavy atom. The number of aliphatic hydroxyl groups is 4. The van der Waals surface area contributed by atoms with E-state index >= 15 is 0 Å². The summed E-state index contributed by atoms with van der Waals surface area (Å²) >= 11 is 0. The fourth-order valence-corrected chi connectivity index (χ4v) is 19.2. The van der Waals surface area contributed by atoms with Crippen LogP contribution in [0.5, 0.6) is 11.5 Å². The first kappa shape index (κ1) is 51.8. The van der Waals surface area contributed by atoms with Crippen LogP contribution < -0.4 is 26.4 Å². The summed E-state index contributed by atoms with van der Waals surface area (Å²) in [7, 11) is 3.98. The molecule has 0 unspecified atom stereocenters. The van der Waals surface area contributed by atoms with Gasteiger partial charge < -0.3 is 56.7 Å². The monoisotopic (exact) mass is 1020 g/mol. The van der Waals surface area contributed by atoms with Crippen molar-refractivity contribution in [2.24, 2.45) is 44.2 Å². The number of nitrogens with zero attached hydrogens (tertiary/aromatic N) is 1. The van der Waals surface area contributed by atoms with Gasteiger partial charge in [0.05, 0.1) is 29.2 Å². The zero-order chi connectivity index (χ0) is 49.5. The average Bonchev–Trinajstić information content (AvgIpc) is 4.09. The van der Waals surface area contributed by atoms with Gasteiger partial charge in [-0.1, -0.05) is 84.1 Å². The van der Waals surface area contributed by atoms with E-state index in [-0.39, 0.29) is 69.8 Å². The quantitative estimate of drug-likeness (QED) is 0.0463. The number of aliphatic imine (C=N–C) groups is 1. The second-order valence-electron chi connectivity index (χ2n) is 24.0. The van der Waals surface area contributed by atoms with Crippen molar-refractivity contribution in [3.05, 3.63) is 35.4 Å². The van der Waals surface area contributed by atoms with Crippen LogP contribution in [0.2, 0.25) is 0 Å². The molecule has 4 saturated carbocycles. The molecule has 11 atom stereocenters. The largest absolute Gasteiger partial charge is 0.504 e. The van der Waals surface area contributed by atoms with Gasteiger partial charge in [-0.25, -0.2) is 4.99 Å². The van der Waals surface area contributed by atoms with Crippen molar-refractivity contribution < 1.29 is 39.8 Å². The lowest BCUT2D eigenvalue weighted by atomic mass is 9.46. The Kier molecular flexibility index (Phi) is 15.4. The van der Waals surface area contributed by atoms with Crippen LogP contribution in [-0.4, -0.2) is 110 Å². The van der Waals surface area contributed by atoms with Crippen molar-refractivity contribution in [2.75, 3.05) is 31.1 Å². The smallest absolute Gasteiger partial charge is 0.302 e. The van der Waals surface area contributed by atoms with E-state index in [0.29, 0.717) is 37.2 Å². The number of phenolic OH excluding ortho intramolecular Hbond substituents is 1. The Hall–Kier alpha value is -2.68. The number of aliphatic hydroxyl groups excluding tert-OH is 3. The molecular formula is C56H83N5O8S2. The van der Waals surface area contributed by atoms with Crippen molar-refractivity contribution in [2.45, 2.75) is 209 Å². The first-order valence-electron chi connectivity index (χ1n) is 27.6. The molecule has 3 heterocycles. The SMILES string of the molecule is CC(=O)O[C@H]1C[C@@H](O)CC[C@@]23C#C[C@H]4CCC[C@@]5(CNCCSSC[C@]6(CC7(CCCC7)CC[C@]67CCCC76CCCC6)NC(N)=N[C@@H]2C=CC[C@@H]3O)C[C@H](CCN5)Oc2cc(c(C(O)O)cc2O)C[C@@H]14. The van der Waals surface area contributed by atoms with Crippen LogP contribution in [0.1, 0.15) is 172 Å². The fraction of sp³-hybridized carbons (Fsp3) is 0.786. The zero-order valence-electron chi connectivity index (χ0n) is 42.2. The van der Waals surface area contributed by atoms with Gasteiger partial charge in [0, 0.05) is 67.3 Å². The summed E-state index contributed by atoms with van der Waals surface area (Å²) in [5.74, 6) is 8.49. The summed E-state index contributed by atoms with van der Waals surface area (Å²) in [5, 5.41) is 69.6. The number of hydrogen-bond donors (Lipinski definition) is 9. The normalized spacial score (nSPS) is 39.5. The molecule has 71 heavy (non-hydrogen) atoms. The number of guanidine groups is 1. The van der Waals surface area contributed by atoms with Crippen LogP contribution in [0.3, 0.4) is 0 Å². The fourth-order valence-electron chi connectivity index (χ4n) is 16.7. The number of carbonyl (C=O) groups is 1. The van der Waals surface area contributed by atoms with Crippen molar-refractivity contribution in [1.29, 1.82) is 0 Å². The molecule has 0 radical (unpaired) electrons. The van der Waals surface area contributed by atoms with Crippen LogP contribution >= 0.6 is 21.6 Å². The molecule has 9 aliphatic rings. The van der Waals surface area contributed by atoms with Gasteiger partial charge in [0.15, 0.2) is 23.7 Å². The molecule has 1 aromatic rings. The Labute approximate surface area is 430 Å². The number of nitrogens with one attached hydrogen (secondary N) is 3. The van der Waals surface area contributed by atoms with E-state index in [2.05, 4.69) is 33.9 Å². The van der Waals surface area contributed by atoms with E-state index < -0.39 is 53.9 Å². The summed E-state index contributed by atoms with van der Waals surface area (Å²) in [6.45, 7) is 3.68. The molecule has 6 bridgehead atoms. The minimum atomic E-state index is -1.90. The van der Waals surface area contributed by atoms with Gasteiger partial charge in [-0.05, 0) is 143 Å². The van der Waals surface area contributed by atoms with Crippen molar-refractivity contribution in [3.8, 4) is 23.3 Å².